The molecular weight excluding hydrogens is 256 g/mol. The van der Waals surface area contributed by atoms with Crippen molar-refractivity contribution in [2.45, 2.75) is 13.5 Å². The summed E-state index contributed by atoms with van der Waals surface area (Å²) in [5.41, 5.74) is 2.96. The van der Waals surface area contributed by atoms with Crippen LogP contribution in [0.1, 0.15) is 12.5 Å². The number of hydrogen-bond donors (Lipinski definition) is 2. The number of carbonyl (C=O) groups excluding carboxylic acids is 1. The van der Waals surface area contributed by atoms with Crippen LogP contribution >= 0.6 is 0 Å². The van der Waals surface area contributed by atoms with Gasteiger partial charge in [0.15, 0.2) is 11.5 Å². The predicted octanol–water partition coefficient (Wildman–Crippen LogP) is 1.24. The lowest BCUT2D eigenvalue weighted by Crippen LogP contribution is -2.37. The van der Waals surface area contributed by atoms with Gasteiger partial charge in [-0.15, -0.1) is 0 Å². The van der Waals surface area contributed by atoms with Gasteiger partial charge in [0, 0.05) is 25.2 Å². The highest BCUT2D eigenvalue weighted by molar-refractivity contribution is 5.93. The highest BCUT2D eigenvalue weighted by Gasteiger charge is 2.15. The van der Waals surface area contributed by atoms with E-state index in [1.807, 2.05) is 25.1 Å². The van der Waals surface area contributed by atoms with Gasteiger partial charge in [-0.2, -0.15) is 0 Å². The second kappa shape index (κ2) is 6.43. The number of carbonyl (C=O) groups is 1. The number of rotatable bonds is 5. The Morgan fingerprint density at radius 3 is 2.50 bits per heavy atom. The first kappa shape index (κ1) is 14.4. The Bertz CT molecular complexity index is 532. The minimum absolute atomic E-state index is 0.0173. The van der Waals surface area contributed by atoms with Crippen molar-refractivity contribution in [3.63, 3.8) is 0 Å². The summed E-state index contributed by atoms with van der Waals surface area (Å²) in [7, 11) is 3.19. The second-order valence-electron chi connectivity index (χ2n) is 4.70. The maximum Gasteiger partial charge on any atom is 0.247 e. The molecule has 1 fully saturated rings. The number of benzene rings is 1. The van der Waals surface area contributed by atoms with Crippen molar-refractivity contribution < 1.29 is 14.3 Å². The van der Waals surface area contributed by atoms with Crippen molar-refractivity contribution in [1.29, 1.82) is 0 Å². The van der Waals surface area contributed by atoms with Gasteiger partial charge >= 0.3 is 0 Å². The predicted molar refractivity (Wildman–Crippen MR) is 77.0 cm³/mol. The normalized spacial score (nSPS) is 13.4. The summed E-state index contributed by atoms with van der Waals surface area (Å²) in [6, 6.07) is 5.61. The molecule has 1 aliphatic heterocycles. The quantitative estimate of drug-likeness (QED) is 0.794. The molecule has 108 valence electrons. The topological polar surface area (TPSA) is 59.6 Å². The maximum absolute atomic E-state index is 12.0. The highest BCUT2D eigenvalue weighted by Crippen LogP contribution is 2.27. The van der Waals surface area contributed by atoms with Gasteiger partial charge in [0.1, 0.15) is 0 Å². The van der Waals surface area contributed by atoms with Gasteiger partial charge < -0.3 is 20.1 Å². The Morgan fingerprint density at radius 2 is 1.95 bits per heavy atom. The molecule has 0 unspecified atom stereocenters. The van der Waals surface area contributed by atoms with E-state index in [0.29, 0.717) is 18.0 Å². The maximum atomic E-state index is 12.0. The third-order valence-corrected chi connectivity index (χ3v) is 3.45. The average molecular weight is 276 g/mol. The smallest absolute Gasteiger partial charge is 0.247 e. The molecule has 1 amide bonds. The lowest BCUT2D eigenvalue weighted by molar-refractivity contribution is -0.117. The molecule has 20 heavy (non-hydrogen) atoms. The Hall–Kier alpha value is -2.01. The molecule has 0 bridgehead atoms. The van der Waals surface area contributed by atoms with Gasteiger partial charge in [-0.3, -0.25) is 4.79 Å². The van der Waals surface area contributed by atoms with Crippen molar-refractivity contribution in [2.24, 2.45) is 0 Å². The first-order valence-electron chi connectivity index (χ1n) is 6.54. The molecule has 1 aromatic rings. The standard InChI is InChI=1S/C15H20N2O3/c1-10(12-8-16-9-12)15(18)17-7-11-4-5-13(19-2)14(6-11)20-3/h4-6,16H,7-9H2,1-3H3,(H,17,18). The van der Waals surface area contributed by atoms with E-state index in [0.717, 1.165) is 24.2 Å². The van der Waals surface area contributed by atoms with Gasteiger partial charge in [0.05, 0.1) is 14.2 Å². The fraction of sp³-hybridized carbons (Fsp3) is 0.400. The van der Waals surface area contributed by atoms with Crippen LogP contribution in [-0.4, -0.2) is 33.2 Å². The first-order valence-corrected chi connectivity index (χ1v) is 6.54. The third kappa shape index (κ3) is 3.11. The molecule has 1 aliphatic rings. The lowest BCUT2D eigenvalue weighted by Gasteiger charge is -2.21. The average Bonchev–Trinajstić information content (AvgIpc) is 2.42. The zero-order valence-electron chi connectivity index (χ0n) is 12.1. The summed E-state index contributed by atoms with van der Waals surface area (Å²) >= 11 is 0. The van der Waals surface area contributed by atoms with E-state index >= 15 is 0 Å². The molecule has 0 radical (unpaired) electrons. The lowest BCUT2D eigenvalue weighted by atomic mass is 10.0. The minimum Gasteiger partial charge on any atom is -0.493 e. The molecule has 0 atom stereocenters. The SMILES string of the molecule is COc1ccc(CNC(=O)C(C)=C2CNC2)cc1OC. The van der Waals surface area contributed by atoms with E-state index < -0.39 is 0 Å². The molecule has 2 rings (SSSR count). The fourth-order valence-corrected chi connectivity index (χ4v) is 1.98. The monoisotopic (exact) mass is 276 g/mol. The van der Waals surface area contributed by atoms with Crippen molar-refractivity contribution in [3.05, 3.63) is 34.9 Å². The molecule has 0 aliphatic carbocycles. The van der Waals surface area contributed by atoms with E-state index in [9.17, 15) is 4.79 Å². The number of nitrogens with one attached hydrogen (secondary N) is 2. The van der Waals surface area contributed by atoms with Crippen LogP contribution in [0.5, 0.6) is 11.5 Å². The van der Waals surface area contributed by atoms with Gasteiger partial charge in [-0.1, -0.05) is 6.07 Å². The van der Waals surface area contributed by atoms with Crippen LogP contribution in [0.3, 0.4) is 0 Å². The van der Waals surface area contributed by atoms with Gasteiger partial charge in [-0.05, 0) is 30.2 Å². The number of methoxy groups -OCH3 is 2. The largest absolute Gasteiger partial charge is 0.493 e. The zero-order valence-corrected chi connectivity index (χ0v) is 12.1. The van der Waals surface area contributed by atoms with Crippen LogP contribution in [0.2, 0.25) is 0 Å². The molecule has 0 saturated carbocycles. The van der Waals surface area contributed by atoms with Crippen LogP contribution in [0.15, 0.2) is 29.3 Å². The summed E-state index contributed by atoms with van der Waals surface area (Å²) < 4.78 is 10.4. The second-order valence-corrected chi connectivity index (χ2v) is 4.70. The Kier molecular flexibility index (Phi) is 4.63. The Morgan fingerprint density at radius 1 is 1.25 bits per heavy atom. The molecule has 1 saturated heterocycles. The Balaban J connectivity index is 1.98. The van der Waals surface area contributed by atoms with E-state index in [1.54, 1.807) is 14.2 Å². The fourth-order valence-electron chi connectivity index (χ4n) is 1.98. The summed E-state index contributed by atoms with van der Waals surface area (Å²) in [6.07, 6.45) is 0. The van der Waals surface area contributed by atoms with Gasteiger partial charge in [-0.25, -0.2) is 0 Å². The van der Waals surface area contributed by atoms with E-state index in [-0.39, 0.29) is 5.91 Å². The summed E-state index contributed by atoms with van der Waals surface area (Å²) in [5.74, 6) is 1.33. The third-order valence-electron chi connectivity index (χ3n) is 3.45. The minimum atomic E-state index is -0.0173. The molecular formula is C15H20N2O3. The van der Waals surface area contributed by atoms with Crippen LogP contribution in [0, 0.1) is 0 Å². The van der Waals surface area contributed by atoms with E-state index in [2.05, 4.69) is 10.6 Å². The molecule has 0 aromatic heterocycles. The highest BCUT2D eigenvalue weighted by atomic mass is 16.5. The van der Waals surface area contributed by atoms with Crippen LogP contribution in [0.4, 0.5) is 0 Å². The molecule has 0 spiro atoms. The molecule has 2 N–H and O–H groups in total. The number of ether oxygens (including phenoxy) is 2. The first-order chi connectivity index (χ1) is 9.65. The summed E-state index contributed by atoms with van der Waals surface area (Å²) in [5, 5.41) is 6.05. The van der Waals surface area contributed by atoms with E-state index in [4.69, 9.17) is 9.47 Å². The van der Waals surface area contributed by atoms with Crippen molar-refractivity contribution >= 4 is 5.91 Å². The zero-order chi connectivity index (χ0) is 14.5. The summed E-state index contributed by atoms with van der Waals surface area (Å²) in [6.45, 7) is 3.96. The number of amides is 1. The molecule has 1 aromatic carbocycles. The van der Waals surface area contributed by atoms with Crippen LogP contribution in [-0.2, 0) is 11.3 Å². The number of hydrogen-bond acceptors (Lipinski definition) is 4. The van der Waals surface area contributed by atoms with Gasteiger partial charge in [0.25, 0.3) is 0 Å². The molecule has 5 nitrogen and oxygen atoms in total. The van der Waals surface area contributed by atoms with Crippen molar-refractivity contribution in [1.82, 2.24) is 10.6 Å². The van der Waals surface area contributed by atoms with Crippen molar-refractivity contribution in [2.75, 3.05) is 27.3 Å². The Labute approximate surface area is 119 Å². The van der Waals surface area contributed by atoms with E-state index in [1.165, 1.54) is 5.57 Å². The van der Waals surface area contributed by atoms with Crippen molar-refractivity contribution in [3.8, 4) is 11.5 Å². The summed E-state index contributed by atoms with van der Waals surface area (Å²) in [4.78, 5) is 12.0. The van der Waals surface area contributed by atoms with Crippen LogP contribution in [0.25, 0.3) is 0 Å². The molecule has 5 heteroatoms. The van der Waals surface area contributed by atoms with Gasteiger partial charge in [0.2, 0.25) is 5.91 Å². The van der Waals surface area contributed by atoms with Crippen LogP contribution < -0.4 is 20.1 Å². The molecule has 1 heterocycles.